The second-order valence-corrected chi connectivity index (χ2v) is 4.26. The van der Waals surface area contributed by atoms with Gasteiger partial charge >= 0.3 is 11.7 Å². The van der Waals surface area contributed by atoms with Crippen LogP contribution < -0.4 is 10.1 Å². The van der Waals surface area contributed by atoms with Crippen LogP contribution in [0.3, 0.4) is 0 Å². The molecule has 1 aromatic rings. The van der Waals surface area contributed by atoms with Crippen molar-refractivity contribution in [2.75, 3.05) is 13.2 Å². The van der Waals surface area contributed by atoms with E-state index in [1.807, 2.05) is 0 Å². The number of rotatable bonds is 8. The number of carboxylic acid groups (broad SMARTS) is 1. The van der Waals surface area contributed by atoms with Gasteiger partial charge in [-0.3, -0.25) is 19.7 Å². The quantitative estimate of drug-likeness (QED) is 0.549. The zero-order chi connectivity index (χ0) is 15.8. The van der Waals surface area contributed by atoms with Crippen molar-refractivity contribution >= 4 is 17.6 Å². The van der Waals surface area contributed by atoms with Gasteiger partial charge in [0.1, 0.15) is 0 Å². The lowest BCUT2D eigenvalue weighted by Gasteiger charge is -2.11. The molecular weight excluding hydrogens is 280 g/mol. The highest BCUT2D eigenvalue weighted by atomic mass is 16.6. The van der Waals surface area contributed by atoms with Gasteiger partial charge in [-0.2, -0.15) is 0 Å². The number of nitro groups is 1. The molecule has 0 fully saturated rings. The predicted molar refractivity (Wildman–Crippen MR) is 73.0 cm³/mol. The fourth-order valence-corrected chi connectivity index (χ4v) is 1.57. The maximum absolute atomic E-state index is 11.5. The van der Waals surface area contributed by atoms with Gasteiger partial charge in [-0.15, -0.1) is 0 Å². The van der Waals surface area contributed by atoms with Gasteiger partial charge in [-0.1, -0.05) is 19.1 Å². The molecule has 21 heavy (non-hydrogen) atoms. The highest BCUT2D eigenvalue weighted by Crippen LogP contribution is 2.25. The number of aliphatic carboxylic acids is 1. The van der Waals surface area contributed by atoms with Crippen LogP contribution in [0.5, 0.6) is 5.75 Å². The van der Waals surface area contributed by atoms with Crippen LogP contribution in [0.2, 0.25) is 0 Å². The standard InChI is InChI=1S/C13H16N2O6/c1-2-9(13(17)18)7-14-12(16)8-21-11-6-4-3-5-10(11)15(19)20/h3-6,9H,2,7-8H2,1H3,(H,14,16)(H,17,18). The van der Waals surface area contributed by atoms with Gasteiger partial charge in [0.05, 0.1) is 10.8 Å². The summed E-state index contributed by atoms with van der Waals surface area (Å²) in [5, 5.41) is 22.0. The number of nitrogens with zero attached hydrogens (tertiary/aromatic N) is 1. The van der Waals surface area contributed by atoms with E-state index in [0.29, 0.717) is 6.42 Å². The van der Waals surface area contributed by atoms with Gasteiger partial charge < -0.3 is 15.2 Å². The summed E-state index contributed by atoms with van der Waals surface area (Å²) < 4.78 is 5.09. The summed E-state index contributed by atoms with van der Waals surface area (Å²) in [6.07, 6.45) is 0.390. The number of para-hydroxylation sites is 2. The molecule has 0 aromatic heterocycles. The van der Waals surface area contributed by atoms with E-state index >= 15 is 0 Å². The number of hydrogen-bond acceptors (Lipinski definition) is 5. The minimum atomic E-state index is -0.989. The first kappa shape index (κ1) is 16.4. The van der Waals surface area contributed by atoms with Crippen LogP contribution in [0.4, 0.5) is 5.69 Å². The van der Waals surface area contributed by atoms with E-state index in [0.717, 1.165) is 0 Å². The molecule has 0 bridgehead atoms. The zero-order valence-corrected chi connectivity index (χ0v) is 11.4. The van der Waals surface area contributed by atoms with Crippen LogP contribution in [-0.2, 0) is 9.59 Å². The summed E-state index contributed by atoms with van der Waals surface area (Å²) in [5.41, 5.74) is -0.234. The van der Waals surface area contributed by atoms with Crippen LogP contribution in [0.15, 0.2) is 24.3 Å². The lowest BCUT2D eigenvalue weighted by molar-refractivity contribution is -0.385. The van der Waals surface area contributed by atoms with Gasteiger partial charge in [-0.05, 0) is 12.5 Å². The Bertz CT molecular complexity index is 531. The highest BCUT2D eigenvalue weighted by Gasteiger charge is 2.17. The molecular formula is C13H16N2O6. The molecule has 0 heterocycles. The number of amides is 1. The Morgan fingerprint density at radius 3 is 2.67 bits per heavy atom. The summed E-state index contributed by atoms with van der Waals surface area (Å²) in [7, 11) is 0. The van der Waals surface area contributed by atoms with E-state index < -0.39 is 29.3 Å². The van der Waals surface area contributed by atoms with Crippen molar-refractivity contribution in [2.24, 2.45) is 5.92 Å². The Morgan fingerprint density at radius 1 is 1.43 bits per heavy atom. The van der Waals surface area contributed by atoms with Gasteiger partial charge in [-0.25, -0.2) is 0 Å². The monoisotopic (exact) mass is 296 g/mol. The summed E-state index contributed by atoms with van der Waals surface area (Å²) in [4.78, 5) is 32.5. The molecule has 8 nitrogen and oxygen atoms in total. The van der Waals surface area contributed by atoms with Crippen molar-refractivity contribution in [1.29, 1.82) is 0 Å². The Hall–Kier alpha value is -2.64. The van der Waals surface area contributed by atoms with E-state index in [9.17, 15) is 19.7 Å². The first-order chi connectivity index (χ1) is 9.95. The molecule has 1 aromatic carbocycles. The minimum Gasteiger partial charge on any atom is -0.481 e. The molecule has 1 amide bonds. The molecule has 0 spiro atoms. The van der Waals surface area contributed by atoms with Gasteiger partial charge in [0.15, 0.2) is 12.4 Å². The van der Waals surface area contributed by atoms with Crippen LogP contribution in [-0.4, -0.2) is 35.1 Å². The molecule has 114 valence electrons. The number of hydrogen-bond donors (Lipinski definition) is 2. The van der Waals surface area contributed by atoms with E-state index in [1.54, 1.807) is 13.0 Å². The highest BCUT2D eigenvalue weighted by molar-refractivity contribution is 5.78. The molecule has 0 radical (unpaired) electrons. The fourth-order valence-electron chi connectivity index (χ4n) is 1.57. The van der Waals surface area contributed by atoms with Gasteiger partial charge in [0, 0.05) is 12.6 Å². The molecule has 8 heteroatoms. The van der Waals surface area contributed by atoms with E-state index in [-0.39, 0.29) is 18.0 Å². The molecule has 0 aliphatic rings. The number of carboxylic acids is 1. The number of nitrogens with one attached hydrogen (secondary N) is 1. The molecule has 2 N–H and O–H groups in total. The van der Waals surface area contributed by atoms with Gasteiger partial charge in [0.25, 0.3) is 5.91 Å². The van der Waals surface area contributed by atoms with E-state index in [4.69, 9.17) is 9.84 Å². The summed E-state index contributed by atoms with van der Waals surface area (Å²) in [6.45, 7) is 1.28. The molecule has 1 unspecified atom stereocenters. The maximum Gasteiger partial charge on any atom is 0.310 e. The van der Waals surface area contributed by atoms with Crippen LogP contribution in [0.25, 0.3) is 0 Å². The number of benzene rings is 1. The third-order valence-corrected chi connectivity index (χ3v) is 2.81. The SMILES string of the molecule is CCC(CNC(=O)COc1ccccc1[N+](=O)[O-])C(=O)O. The fraction of sp³-hybridized carbons (Fsp3) is 0.385. The second kappa shape index (κ2) is 7.83. The number of carbonyl (C=O) groups is 2. The van der Waals surface area contributed by atoms with E-state index in [2.05, 4.69) is 5.32 Å². The van der Waals surface area contributed by atoms with Crippen molar-refractivity contribution in [3.63, 3.8) is 0 Å². The van der Waals surface area contributed by atoms with Gasteiger partial charge in [0.2, 0.25) is 0 Å². The number of nitro benzene ring substituents is 1. The average Bonchev–Trinajstić information content (AvgIpc) is 2.45. The molecule has 0 saturated heterocycles. The van der Waals surface area contributed by atoms with Crippen molar-refractivity contribution in [3.05, 3.63) is 34.4 Å². The van der Waals surface area contributed by atoms with E-state index in [1.165, 1.54) is 18.2 Å². The number of carbonyl (C=O) groups excluding carboxylic acids is 1. The smallest absolute Gasteiger partial charge is 0.310 e. The Balaban J connectivity index is 2.50. The lowest BCUT2D eigenvalue weighted by Crippen LogP contribution is -2.35. The summed E-state index contributed by atoms with van der Waals surface area (Å²) in [5.74, 6) is -2.20. The Morgan fingerprint density at radius 2 is 2.10 bits per heavy atom. The number of ether oxygens (including phenoxy) is 1. The summed E-state index contributed by atoms with van der Waals surface area (Å²) in [6, 6.07) is 5.70. The van der Waals surface area contributed by atoms with Crippen molar-refractivity contribution in [2.45, 2.75) is 13.3 Å². The van der Waals surface area contributed by atoms with Crippen LogP contribution in [0, 0.1) is 16.0 Å². The first-order valence-electron chi connectivity index (χ1n) is 6.31. The molecule has 1 atom stereocenters. The molecule has 0 aliphatic heterocycles. The predicted octanol–water partition coefficient (Wildman–Crippen LogP) is 1.20. The normalized spacial score (nSPS) is 11.5. The van der Waals surface area contributed by atoms with Crippen molar-refractivity contribution in [1.82, 2.24) is 5.32 Å². The third-order valence-electron chi connectivity index (χ3n) is 2.81. The topological polar surface area (TPSA) is 119 Å². The Kier molecular flexibility index (Phi) is 6.12. The Labute approximate surface area is 120 Å². The van der Waals surface area contributed by atoms with Crippen molar-refractivity contribution < 1.29 is 24.4 Å². The molecule has 0 saturated carbocycles. The minimum absolute atomic E-state index is 0.00902. The lowest BCUT2D eigenvalue weighted by atomic mass is 10.1. The largest absolute Gasteiger partial charge is 0.481 e. The maximum atomic E-state index is 11.5. The second-order valence-electron chi connectivity index (χ2n) is 4.26. The van der Waals surface area contributed by atoms with Crippen LogP contribution >= 0.6 is 0 Å². The zero-order valence-electron chi connectivity index (χ0n) is 11.4. The molecule has 0 aliphatic carbocycles. The van der Waals surface area contributed by atoms with Crippen molar-refractivity contribution in [3.8, 4) is 5.75 Å². The van der Waals surface area contributed by atoms with Crippen LogP contribution in [0.1, 0.15) is 13.3 Å². The first-order valence-corrected chi connectivity index (χ1v) is 6.31. The summed E-state index contributed by atoms with van der Waals surface area (Å²) >= 11 is 0. The third kappa shape index (κ3) is 5.09. The molecule has 1 rings (SSSR count). The average molecular weight is 296 g/mol.